The van der Waals surface area contributed by atoms with Crippen molar-refractivity contribution in [3.8, 4) is 0 Å². The highest BCUT2D eigenvalue weighted by molar-refractivity contribution is 7.22. The number of carbonyl (C=O) groups is 1. The van der Waals surface area contributed by atoms with Crippen molar-refractivity contribution in [1.29, 1.82) is 0 Å². The highest BCUT2D eigenvalue weighted by Gasteiger charge is 2.26. The van der Waals surface area contributed by atoms with Crippen LogP contribution in [-0.4, -0.2) is 46.9 Å². The summed E-state index contributed by atoms with van der Waals surface area (Å²) >= 11 is 13.9. The Bertz CT molecular complexity index is 1080. The number of hydrogen-bond donors (Lipinski definition) is 0. The second kappa shape index (κ2) is 7.54. The van der Waals surface area contributed by atoms with Crippen LogP contribution in [-0.2, 0) is 0 Å². The normalized spacial score (nSPS) is 14.5. The third-order valence-electron chi connectivity index (χ3n) is 4.59. The van der Waals surface area contributed by atoms with Gasteiger partial charge in [0.25, 0.3) is 11.6 Å². The molecular weight excluding hydrogens is 423 g/mol. The molecule has 0 unspecified atom stereocenters. The molecule has 1 aliphatic heterocycles. The number of non-ortho nitro benzene ring substituents is 1. The third kappa shape index (κ3) is 3.50. The fourth-order valence-corrected chi connectivity index (χ4v) is 4.62. The molecule has 28 heavy (non-hydrogen) atoms. The summed E-state index contributed by atoms with van der Waals surface area (Å²) in [6.45, 7) is 2.16. The van der Waals surface area contributed by atoms with E-state index in [-0.39, 0.29) is 22.2 Å². The SMILES string of the molecule is O=C(c1cc([N+](=O)[O-])ccc1Cl)N1CCN(c2nc3c(Cl)cccc3s2)CC1. The number of amides is 1. The molecule has 0 aliphatic carbocycles. The minimum Gasteiger partial charge on any atom is -0.345 e. The Hall–Kier alpha value is -2.42. The zero-order valence-electron chi connectivity index (χ0n) is 14.5. The third-order valence-corrected chi connectivity index (χ3v) is 6.30. The number of anilines is 1. The molecule has 1 aromatic heterocycles. The monoisotopic (exact) mass is 436 g/mol. The lowest BCUT2D eigenvalue weighted by Crippen LogP contribution is -2.48. The van der Waals surface area contributed by atoms with Gasteiger partial charge in [-0.2, -0.15) is 0 Å². The van der Waals surface area contributed by atoms with E-state index < -0.39 is 4.92 Å². The Morgan fingerprint density at radius 3 is 2.54 bits per heavy atom. The minimum atomic E-state index is -0.538. The number of fused-ring (bicyclic) bond motifs is 1. The molecule has 2 aromatic carbocycles. The summed E-state index contributed by atoms with van der Waals surface area (Å²) in [6.07, 6.45) is 0. The summed E-state index contributed by atoms with van der Waals surface area (Å²) < 4.78 is 1.02. The van der Waals surface area contributed by atoms with Crippen molar-refractivity contribution in [1.82, 2.24) is 9.88 Å². The van der Waals surface area contributed by atoms with Crippen molar-refractivity contribution in [3.63, 3.8) is 0 Å². The Kier molecular flexibility index (Phi) is 5.09. The largest absolute Gasteiger partial charge is 0.345 e. The van der Waals surface area contributed by atoms with Gasteiger partial charge in [-0.1, -0.05) is 40.6 Å². The predicted octanol–water partition coefficient (Wildman–Crippen LogP) is 4.47. The van der Waals surface area contributed by atoms with Gasteiger partial charge in [0.2, 0.25) is 0 Å². The van der Waals surface area contributed by atoms with Crippen LogP contribution in [0.1, 0.15) is 10.4 Å². The molecule has 10 heteroatoms. The van der Waals surface area contributed by atoms with Crippen molar-refractivity contribution >= 4 is 61.5 Å². The zero-order valence-corrected chi connectivity index (χ0v) is 16.8. The number of thiazole rings is 1. The molecule has 3 aromatic rings. The van der Waals surface area contributed by atoms with Crippen molar-refractivity contribution in [3.05, 3.63) is 62.1 Å². The van der Waals surface area contributed by atoms with Crippen LogP contribution in [0.25, 0.3) is 10.2 Å². The number of hydrogen-bond acceptors (Lipinski definition) is 6. The molecule has 0 spiro atoms. The topological polar surface area (TPSA) is 79.6 Å². The quantitative estimate of drug-likeness (QED) is 0.446. The summed E-state index contributed by atoms with van der Waals surface area (Å²) in [7, 11) is 0. The number of carbonyl (C=O) groups excluding carboxylic acids is 1. The van der Waals surface area contributed by atoms with Crippen LogP contribution in [0, 0.1) is 10.1 Å². The molecule has 1 fully saturated rings. The van der Waals surface area contributed by atoms with Crippen molar-refractivity contribution in [2.45, 2.75) is 0 Å². The highest BCUT2D eigenvalue weighted by atomic mass is 35.5. The Balaban J connectivity index is 1.49. The number of benzene rings is 2. The van der Waals surface area contributed by atoms with Gasteiger partial charge in [-0.25, -0.2) is 4.98 Å². The number of aromatic nitrogens is 1. The van der Waals surface area contributed by atoms with Gasteiger partial charge < -0.3 is 9.80 Å². The lowest BCUT2D eigenvalue weighted by atomic mass is 10.1. The van der Waals surface area contributed by atoms with Crippen LogP contribution in [0.5, 0.6) is 0 Å². The van der Waals surface area contributed by atoms with Crippen molar-refractivity contribution in [2.24, 2.45) is 0 Å². The standard InChI is InChI=1S/C18H14Cl2N4O3S/c19-13-5-4-11(24(26)27)10-12(13)17(25)22-6-8-23(9-7-22)18-21-16-14(20)2-1-3-15(16)28-18/h1-5,10H,6-9H2. The van der Waals surface area contributed by atoms with E-state index in [9.17, 15) is 14.9 Å². The molecule has 7 nitrogen and oxygen atoms in total. The average Bonchev–Trinajstić information content (AvgIpc) is 3.13. The van der Waals surface area contributed by atoms with Gasteiger partial charge in [0.1, 0.15) is 5.52 Å². The molecule has 0 atom stereocenters. The highest BCUT2D eigenvalue weighted by Crippen LogP contribution is 2.33. The zero-order chi connectivity index (χ0) is 19.8. The van der Waals surface area contributed by atoms with E-state index in [2.05, 4.69) is 9.88 Å². The first-order valence-electron chi connectivity index (χ1n) is 8.47. The number of rotatable bonds is 3. The second-order valence-electron chi connectivity index (χ2n) is 6.28. The van der Waals surface area contributed by atoms with Gasteiger partial charge >= 0.3 is 0 Å². The Morgan fingerprint density at radius 1 is 1.11 bits per heavy atom. The van der Waals surface area contributed by atoms with Crippen LogP contribution in [0.15, 0.2) is 36.4 Å². The summed E-state index contributed by atoms with van der Waals surface area (Å²) in [6, 6.07) is 9.58. The van der Waals surface area contributed by atoms with E-state index in [4.69, 9.17) is 23.2 Å². The van der Waals surface area contributed by atoms with Gasteiger partial charge in [0.05, 0.1) is 25.2 Å². The number of halogens is 2. The fraction of sp³-hybridized carbons (Fsp3) is 0.222. The van der Waals surface area contributed by atoms with Crippen molar-refractivity contribution < 1.29 is 9.72 Å². The van der Waals surface area contributed by atoms with E-state index in [1.807, 2.05) is 18.2 Å². The molecule has 0 bridgehead atoms. The molecule has 4 rings (SSSR count). The smallest absolute Gasteiger partial charge is 0.270 e. The molecule has 0 N–H and O–H groups in total. The van der Waals surface area contributed by atoms with Crippen LogP contribution in [0.2, 0.25) is 10.0 Å². The molecule has 2 heterocycles. The van der Waals surface area contributed by atoms with Crippen LogP contribution in [0.3, 0.4) is 0 Å². The Morgan fingerprint density at radius 2 is 1.86 bits per heavy atom. The number of piperazine rings is 1. The molecule has 1 saturated heterocycles. The summed E-state index contributed by atoms with van der Waals surface area (Å²) in [4.78, 5) is 31.6. The first-order chi connectivity index (χ1) is 13.4. The van der Waals surface area contributed by atoms with Crippen LogP contribution in [0.4, 0.5) is 10.8 Å². The minimum absolute atomic E-state index is 0.149. The molecule has 1 amide bonds. The van der Waals surface area contributed by atoms with E-state index in [1.165, 1.54) is 18.2 Å². The van der Waals surface area contributed by atoms with E-state index in [0.717, 1.165) is 15.3 Å². The van der Waals surface area contributed by atoms with E-state index in [1.54, 1.807) is 16.2 Å². The first kappa shape index (κ1) is 18.9. The maximum Gasteiger partial charge on any atom is 0.270 e. The molecule has 1 aliphatic rings. The van der Waals surface area contributed by atoms with Gasteiger partial charge in [-0.15, -0.1) is 0 Å². The van der Waals surface area contributed by atoms with Gasteiger partial charge in [-0.3, -0.25) is 14.9 Å². The molecular formula is C18H14Cl2N4O3S. The van der Waals surface area contributed by atoms with Gasteiger partial charge in [0, 0.05) is 38.3 Å². The van der Waals surface area contributed by atoms with E-state index >= 15 is 0 Å². The first-order valence-corrected chi connectivity index (χ1v) is 10.0. The average molecular weight is 437 g/mol. The lowest BCUT2D eigenvalue weighted by molar-refractivity contribution is -0.384. The molecule has 0 saturated carbocycles. The Labute approximate surface area is 174 Å². The summed E-state index contributed by atoms with van der Waals surface area (Å²) in [5.41, 5.74) is 0.778. The molecule has 144 valence electrons. The summed E-state index contributed by atoms with van der Waals surface area (Å²) in [5.74, 6) is -0.305. The fourth-order valence-electron chi connectivity index (χ4n) is 3.10. The van der Waals surface area contributed by atoms with Crippen LogP contribution < -0.4 is 4.90 Å². The summed E-state index contributed by atoms with van der Waals surface area (Å²) in [5, 5.41) is 12.7. The maximum atomic E-state index is 12.8. The predicted molar refractivity (Wildman–Crippen MR) is 111 cm³/mol. The number of nitrogens with zero attached hydrogens (tertiary/aromatic N) is 4. The second-order valence-corrected chi connectivity index (χ2v) is 8.11. The number of para-hydroxylation sites is 1. The lowest BCUT2D eigenvalue weighted by Gasteiger charge is -2.34. The number of nitro groups is 1. The van der Waals surface area contributed by atoms with Gasteiger partial charge in [-0.05, 0) is 18.2 Å². The maximum absolute atomic E-state index is 12.8. The number of nitro benzene ring substituents is 1. The molecule has 0 radical (unpaired) electrons. The van der Waals surface area contributed by atoms with E-state index in [0.29, 0.717) is 31.2 Å². The van der Waals surface area contributed by atoms with Crippen molar-refractivity contribution in [2.75, 3.05) is 31.1 Å². The van der Waals surface area contributed by atoms with Crippen LogP contribution >= 0.6 is 34.5 Å². The van der Waals surface area contributed by atoms with Gasteiger partial charge in [0.15, 0.2) is 5.13 Å².